The van der Waals surface area contributed by atoms with Gasteiger partial charge >= 0.3 is 5.97 Å². The van der Waals surface area contributed by atoms with Crippen molar-refractivity contribution in [3.63, 3.8) is 0 Å². The Bertz CT molecular complexity index is 694. The molecule has 1 aromatic rings. The first-order chi connectivity index (χ1) is 11.7. The fourth-order valence-electron chi connectivity index (χ4n) is 2.48. The van der Waals surface area contributed by atoms with Gasteiger partial charge in [0.15, 0.2) is 5.50 Å². The fourth-order valence-corrected chi connectivity index (χ4v) is 3.14. The second-order valence-corrected chi connectivity index (χ2v) is 5.81. The standard InChI is InChI=1S/C17H20N4O2S/c1-4-23-15(22)10-14-13(11-18)16(12-8-6-5-7-9-12)20-17(24-3)21(14)19-2/h5-9,17,19H,4,10H2,1-3H3. The van der Waals surface area contributed by atoms with Gasteiger partial charge in [0, 0.05) is 12.6 Å². The predicted octanol–water partition coefficient (Wildman–Crippen LogP) is 2.30. The lowest BCUT2D eigenvalue weighted by Gasteiger charge is -2.35. The molecule has 0 saturated carbocycles. The normalized spacial score (nSPS) is 17.3. The zero-order valence-corrected chi connectivity index (χ0v) is 14.8. The minimum atomic E-state index is -0.366. The van der Waals surface area contributed by atoms with Crippen molar-refractivity contribution in [2.24, 2.45) is 4.99 Å². The quantitative estimate of drug-likeness (QED) is 0.798. The Labute approximate surface area is 146 Å². The molecule has 0 fully saturated rings. The van der Waals surface area contributed by atoms with Crippen LogP contribution in [0.25, 0.3) is 0 Å². The van der Waals surface area contributed by atoms with Crippen LogP contribution in [0, 0.1) is 11.3 Å². The Hall–Kier alpha value is -2.30. The molecule has 1 unspecified atom stereocenters. The number of carbonyl (C=O) groups is 1. The predicted molar refractivity (Wildman–Crippen MR) is 95.1 cm³/mol. The van der Waals surface area contributed by atoms with Crippen LogP contribution in [-0.4, -0.2) is 42.1 Å². The number of hydrogen-bond donors (Lipinski definition) is 1. The molecule has 6 nitrogen and oxygen atoms in total. The van der Waals surface area contributed by atoms with E-state index in [-0.39, 0.29) is 17.9 Å². The summed E-state index contributed by atoms with van der Waals surface area (Å²) in [6.07, 6.45) is 1.95. The van der Waals surface area contributed by atoms with Gasteiger partial charge in [0.2, 0.25) is 0 Å². The zero-order chi connectivity index (χ0) is 17.5. The lowest BCUT2D eigenvalue weighted by molar-refractivity contribution is -0.142. The summed E-state index contributed by atoms with van der Waals surface area (Å²) < 4.78 is 5.06. The molecule has 1 atom stereocenters. The average Bonchev–Trinajstić information content (AvgIpc) is 2.61. The van der Waals surface area contributed by atoms with E-state index >= 15 is 0 Å². The van der Waals surface area contributed by atoms with E-state index in [1.807, 2.05) is 36.6 Å². The van der Waals surface area contributed by atoms with Crippen LogP contribution in [0.2, 0.25) is 0 Å². The highest BCUT2D eigenvalue weighted by Gasteiger charge is 2.31. The van der Waals surface area contributed by atoms with Gasteiger partial charge in [-0.15, -0.1) is 11.8 Å². The van der Waals surface area contributed by atoms with Crippen molar-refractivity contribution in [2.45, 2.75) is 18.8 Å². The van der Waals surface area contributed by atoms with Crippen LogP contribution < -0.4 is 5.43 Å². The number of allylic oxidation sites excluding steroid dienone is 1. The molecule has 7 heteroatoms. The SMILES string of the molecule is CCOC(=O)CC1=C(C#N)C(c2ccccc2)=NC(SC)N1NC. The molecule has 1 N–H and O–H groups in total. The van der Waals surface area contributed by atoms with Crippen molar-refractivity contribution in [1.82, 2.24) is 10.4 Å². The smallest absolute Gasteiger partial charge is 0.311 e. The number of carbonyl (C=O) groups excluding carboxylic acids is 1. The third kappa shape index (κ3) is 3.78. The van der Waals surface area contributed by atoms with E-state index in [0.717, 1.165) is 5.56 Å². The van der Waals surface area contributed by atoms with E-state index < -0.39 is 0 Å². The lowest BCUT2D eigenvalue weighted by Crippen LogP contribution is -2.45. The third-order valence-electron chi connectivity index (χ3n) is 3.50. The van der Waals surface area contributed by atoms with E-state index in [1.165, 1.54) is 11.8 Å². The molecule has 2 rings (SSSR count). The third-order valence-corrected chi connectivity index (χ3v) is 4.24. The summed E-state index contributed by atoms with van der Waals surface area (Å²) in [5.41, 5.74) is 5.17. The molecule has 1 aliphatic rings. The fraction of sp³-hybridized carbons (Fsp3) is 0.353. The maximum absolute atomic E-state index is 12.0. The van der Waals surface area contributed by atoms with Crippen LogP contribution in [0.5, 0.6) is 0 Å². The van der Waals surface area contributed by atoms with Gasteiger partial charge < -0.3 is 4.74 Å². The molecule has 1 aliphatic heterocycles. The van der Waals surface area contributed by atoms with Gasteiger partial charge in [0.1, 0.15) is 6.07 Å². The van der Waals surface area contributed by atoms with Gasteiger partial charge in [-0.2, -0.15) is 5.26 Å². The molecule has 0 amide bonds. The summed E-state index contributed by atoms with van der Waals surface area (Å²) in [7, 11) is 1.74. The first kappa shape index (κ1) is 18.0. The van der Waals surface area contributed by atoms with Gasteiger partial charge in [-0.05, 0) is 13.2 Å². The number of hydrogen-bond acceptors (Lipinski definition) is 7. The van der Waals surface area contributed by atoms with Crippen molar-refractivity contribution < 1.29 is 9.53 Å². The number of hydrazine groups is 1. The van der Waals surface area contributed by atoms with E-state index in [4.69, 9.17) is 4.74 Å². The largest absolute Gasteiger partial charge is 0.466 e. The van der Waals surface area contributed by atoms with Gasteiger partial charge in [0.05, 0.1) is 30.0 Å². The maximum Gasteiger partial charge on any atom is 0.311 e. The van der Waals surface area contributed by atoms with Crippen LogP contribution in [0.4, 0.5) is 0 Å². The molecule has 1 heterocycles. The van der Waals surface area contributed by atoms with Gasteiger partial charge in [-0.1, -0.05) is 30.3 Å². The van der Waals surface area contributed by atoms with Crippen LogP contribution in [-0.2, 0) is 9.53 Å². The highest BCUT2D eigenvalue weighted by atomic mass is 32.2. The number of benzene rings is 1. The summed E-state index contributed by atoms with van der Waals surface area (Å²) in [4.78, 5) is 16.7. The Balaban J connectivity index is 2.53. The summed E-state index contributed by atoms with van der Waals surface area (Å²) in [6, 6.07) is 11.7. The molecule has 0 aliphatic carbocycles. The summed E-state index contributed by atoms with van der Waals surface area (Å²) in [5.74, 6) is -0.366. The molecule has 1 aromatic carbocycles. The zero-order valence-electron chi connectivity index (χ0n) is 13.9. The van der Waals surface area contributed by atoms with E-state index in [1.54, 1.807) is 19.0 Å². The number of thioether (sulfide) groups is 1. The number of esters is 1. The molecule has 0 aromatic heterocycles. The molecule has 0 saturated heterocycles. The minimum Gasteiger partial charge on any atom is -0.466 e. The number of nitrogens with zero attached hydrogens (tertiary/aromatic N) is 3. The first-order valence-corrected chi connectivity index (χ1v) is 8.86. The molecule has 0 spiro atoms. The lowest BCUT2D eigenvalue weighted by atomic mass is 9.99. The Morgan fingerprint density at radius 3 is 2.71 bits per heavy atom. The van der Waals surface area contributed by atoms with Gasteiger partial charge in [0.25, 0.3) is 0 Å². The Morgan fingerprint density at radius 2 is 2.17 bits per heavy atom. The summed E-state index contributed by atoms with van der Waals surface area (Å²) >= 11 is 1.51. The van der Waals surface area contributed by atoms with Gasteiger partial charge in [-0.3, -0.25) is 9.80 Å². The van der Waals surface area contributed by atoms with E-state index in [2.05, 4.69) is 16.5 Å². The van der Waals surface area contributed by atoms with Crippen LogP contribution >= 0.6 is 11.8 Å². The highest BCUT2D eigenvalue weighted by molar-refractivity contribution is 7.99. The van der Waals surface area contributed by atoms with Crippen LogP contribution in [0.15, 0.2) is 46.6 Å². The molecule has 0 radical (unpaired) electrons. The number of rotatable bonds is 6. The van der Waals surface area contributed by atoms with Gasteiger partial charge in [-0.25, -0.2) is 10.4 Å². The summed E-state index contributed by atoms with van der Waals surface area (Å²) in [6.45, 7) is 2.06. The molecule has 24 heavy (non-hydrogen) atoms. The second-order valence-electron chi connectivity index (χ2n) is 4.91. The van der Waals surface area contributed by atoms with E-state index in [9.17, 15) is 10.1 Å². The van der Waals surface area contributed by atoms with Crippen LogP contribution in [0.1, 0.15) is 18.9 Å². The van der Waals surface area contributed by atoms with Crippen molar-refractivity contribution in [2.75, 3.05) is 19.9 Å². The number of ether oxygens (including phenoxy) is 1. The summed E-state index contributed by atoms with van der Waals surface area (Å²) in [5, 5.41) is 11.4. The number of nitriles is 1. The van der Waals surface area contributed by atoms with E-state index in [0.29, 0.717) is 23.6 Å². The Kier molecular flexibility index (Phi) is 6.41. The topological polar surface area (TPSA) is 77.7 Å². The molecule has 126 valence electrons. The minimum absolute atomic E-state index is 0.0144. The second kappa shape index (κ2) is 8.52. The Morgan fingerprint density at radius 1 is 1.46 bits per heavy atom. The number of nitrogens with one attached hydrogen (secondary N) is 1. The van der Waals surface area contributed by atoms with Crippen LogP contribution in [0.3, 0.4) is 0 Å². The molecule has 0 bridgehead atoms. The monoisotopic (exact) mass is 344 g/mol. The molecular weight excluding hydrogens is 324 g/mol. The molecular formula is C17H20N4O2S. The highest BCUT2D eigenvalue weighted by Crippen LogP contribution is 2.30. The van der Waals surface area contributed by atoms with Crippen molar-refractivity contribution >= 4 is 23.4 Å². The number of aliphatic imine (C=N–C) groups is 1. The first-order valence-electron chi connectivity index (χ1n) is 7.58. The van der Waals surface area contributed by atoms with Crippen molar-refractivity contribution in [3.8, 4) is 6.07 Å². The maximum atomic E-state index is 12.0. The van der Waals surface area contributed by atoms with Crippen molar-refractivity contribution in [3.05, 3.63) is 47.2 Å². The van der Waals surface area contributed by atoms with Crippen molar-refractivity contribution in [1.29, 1.82) is 5.26 Å². The average molecular weight is 344 g/mol.